The van der Waals surface area contributed by atoms with E-state index in [1.54, 1.807) is 7.11 Å². The molecule has 1 saturated carbocycles. The topological polar surface area (TPSA) is 101 Å². The lowest BCUT2D eigenvalue weighted by Gasteiger charge is -2.36. The Morgan fingerprint density at radius 3 is 2.43 bits per heavy atom. The first kappa shape index (κ1) is 33.4. The second-order valence-corrected chi connectivity index (χ2v) is 15.5. The van der Waals surface area contributed by atoms with Gasteiger partial charge in [0.2, 0.25) is 5.91 Å². The predicted molar refractivity (Wildman–Crippen MR) is 186 cm³/mol. The Kier molecular flexibility index (Phi) is 9.63. The lowest BCUT2D eigenvalue weighted by molar-refractivity contribution is -0.139. The molecule has 3 aliphatic rings. The number of methoxy groups -OCH3 is 1. The minimum Gasteiger partial charge on any atom is -0.497 e. The molecule has 47 heavy (non-hydrogen) atoms. The zero-order valence-corrected chi connectivity index (χ0v) is 29.2. The van der Waals surface area contributed by atoms with Gasteiger partial charge in [0.25, 0.3) is 5.91 Å². The number of amides is 2. The van der Waals surface area contributed by atoms with Gasteiger partial charge in [0, 0.05) is 65.9 Å². The molecular formula is C37H48N4O5S. The molecule has 252 valence electrons. The van der Waals surface area contributed by atoms with Crippen LogP contribution in [-0.2, 0) is 27.1 Å². The highest BCUT2D eigenvalue weighted by Crippen LogP contribution is 2.66. The molecule has 2 aliphatic heterocycles. The molecule has 2 amide bonds. The number of carbonyl (C=O) groups excluding carboxylic acids is 3. The van der Waals surface area contributed by atoms with Crippen LogP contribution in [-0.4, -0.2) is 81.8 Å². The number of aromatic nitrogens is 1. The fourth-order valence-corrected chi connectivity index (χ4v) is 8.52. The van der Waals surface area contributed by atoms with E-state index in [0.29, 0.717) is 50.7 Å². The fourth-order valence-electron chi connectivity index (χ4n) is 7.98. The molecule has 1 aliphatic carbocycles. The summed E-state index contributed by atoms with van der Waals surface area (Å²) in [6.45, 7) is 11.6. The third-order valence-electron chi connectivity index (χ3n) is 10.5. The van der Waals surface area contributed by atoms with Gasteiger partial charge in [-0.3, -0.25) is 19.2 Å². The van der Waals surface area contributed by atoms with Crippen molar-refractivity contribution in [2.24, 2.45) is 5.41 Å². The molecule has 6 rings (SSSR count). The molecule has 0 bridgehead atoms. The van der Waals surface area contributed by atoms with E-state index in [-0.39, 0.29) is 23.0 Å². The van der Waals surface area contributed by atoms with Gasteiger partial charge in [-0.05, 0) is 80.5 Å². The van der Waals surface area contributed by atoms with Gasteiger partial charge in [0.15, 0.2) is 0 Å². The van der Waals surface area contributed by atoms with Crippen molar-refractivity contribution < 1.29 is 23.3 Å². The first-order valence-electron chi connectivity index (χ1n) is 17.2. The Morgan fingerprint density at radius 2 is 1.79 bits per heavy atom. The van der Waals surface area contributed by atoms with E-state index < -0.39 is 16.4 Å². The average molecular weight is 661 g/mol. The number of rotatable bonds is 12. The van der Waals surface area contributed by atoms with Crippen LogP contribution in [0.15, 0.2) is 36.4 Å². The number of hydrogen-bond acceptors (Lipinski definition) is 6. The van der Waals surface area contributed by atoms with Gasteiger partial charge in [-0.2, -0.15) is 0 Å². The summed E-state index contributed by atoms with van der Waals surface area (Å²) < 4.78 is 23.3. The summed E-state index contributed by atoms with van der Waals surface area (Å²) in [4.78, 5) is 43.2. The van der Waals surface area contributed by atoms with Gasteiger partial charge in [-0.15, -0.1) is 0 Å². The summed E-state index contributed by atoms with van der Waals surface area (Å²) in [6, 6.07) is 12.2. The standard InChI is InChI=1S/C37H48N4O5S/c1-6-8-25(9-7-2)33-29-12-10-26(35(43)38-47(45)24(3)4)20-32(29)41-23-37(36(44)40-16-14-39(15-17-40)18-19-42)22-31(37)30-21-27(46-5)11-13-28(30)34(33)41/h10-13,19-21,24-25,31H,6-9,14-18,22-23H2,1-5H3,(H,38,43). The van der Waals surface area contributed by atoms with Crippen molar-refractivity contribution in [3.8, 4) is 17.0 Å². The number of hydrogen-bond donors (Lipinski definition) is 1. The van der Waals surface area contributed by atoms with Crippen LogP contribution in [0.4, 0.5) is 0 Å². The summed E-state index contributed by atoms with van der Waals surface area (Å²) in [5.41, 5.74) is 5.49. The van der Waals surface area contributed by atoms with E-state index in [1.165, 1.54) is 5.56 Å². The monoisotopic (exact) mass is 660 g/mol. The molecule has 1 saturated heterocycles. The second kappa shape index (κ2) is 13.5. The molecule has 2 fully saturated rings. The van der Waals surface area contributed by atoms with Crippen LogP contribution < -0.4 is 9.46 Å². The predicted octanol–water partition coefficient (Wildman–Crippen LogP) is 5.63. The quantitative estimate of drug-likeness (QED) is 0.253. The number of ether oxygens (including phenoxy) is 1. The molecule has 3 unspecified atom stereocenters. The minimum atomic E-state index is -1.49. The third-order valence-corrected chi connectivity index (χ3v) is 11.7. The molecule has 1 N–H and O–H groups in total. The number of aldehydes is 1. The number of piperazine rings is 1. The third kappa shape index (κ3) is 6.03. The Labute approximate surface area is 280 Å². The average Bonchev–Trinajstić information content (AvgIpc) is 3.74. The highest BCUT2D eigenvalue weighted by molar-refractivity contribution is 7.84. The van der Waals surface area contributed by atoms with Crippen LogP contribution in [0.5, 0.6) is 5.75 Å². The number of benzene rings is 2. The fraction of sp³-hybridized carbons (Fsp3) is 0.541. The smallest absolute Gasteiger partial charge is 0.263 e. The number of carbonyl (C=O) groups is 3. The molecule has 3 aromatic rings. The van der Waals surface area contributed by atoms with E-state index in [4.69, 9.17) is 4.74 Å². The Balaban J connectivity index is 1.54. The van der Waals surface area contributed by atoms with Crippen LogP contribution in [0, 0.1) is 5.41 Å². The molecule has 9 nitrogen and oxygen atoms in total. The zero-order valence-electron chi connectivity index (χ0n) is 28.3. The molecule has 10 heteroatoms. The summed E-state index contributed by atoms with van der Waals surface area (Å²) >= 11 is 0. The maximum absolute atomic E-state index is 14.6. The molecule has 3 atom stereocenters. The van der Waals surface area contributed by atoms with Crippen LogP contribution in [0.3, 0.4) is 0 Å². The van der Waals surface area contributed by atoms with Gasteiger partial charge in [-0.1, -0.05) is 32.8 Å². The van der Waals surface area contributed by atoms with Crippen molar-refractivity contribution in [3.63, 3.8) is 0 Å². The van der Waals surface area contributed by atoms with Crippen LogP contribution in [0.2, 0.25) is 0 Å². The van der Waals surface area contributed by atoms with Crippen LogP contribution >= 0.6 is 0 Å². The molecule has 0 spiro atoms. The molecular weight excluding hydrogens is 612 g/mol. The Morgan fingerprint density at radius 1 is 1.06 bits per heavy atom. The summed E-state index contributed by atoms with van der Waals surface area (Å²) in [5, 5.41) is 0.911. The normalized spacial score (nSPS) is 21.2. The van der Waals surface area contributed by atoms with Crippen molar-refractivity contribution in [1.29, 1.82) is 0 Å². The van der Waals surface area contributed by atoms with Crippen molar-refractivity contribution in [3.05, 3.63) is 53.1 Å². The molecule has 3 heterocycles. The highest BCUT2D eigenvalue weighted by atomic mass is 32.2. The van der Waals surface area contributed by atoms with Crippen molar-refractivity contribution >= 4 is 40.0 Å². The van der Waals surface area contributed by atoms with Crippen molar-refractivity contribution in [2.75, 3.05) is 39.8 Å². The minimum absolute atomic E-state index is 0.0478. The number of nitrogens with zero attached hydrogens (tertiary/aromatic N) is 3. The van der Waals surface area contributed by atoms with E-state index in [0.717, 1.165) is 71.9 Å². The summed E-state index contributed by atoms with van der Waals surface area (Å²) in [6.07, 6.45) is 5.86. The maximum Gasteiger partial charge on any atom is 0.263 e. The molecule has 1 aromatic heterocycles. The van der Waals surface area contributed by atoms with Gasteiger partial charge in [0.05, 0.1) is 24.8 Å². The Bertz CT molecular complexity index is 1700. The summed E-state index contributed by atoms with van der Waals surface area (Å²) in [5.74, 6) is 0.946. The van der Waals surface area contributed by atoms with E-state index in [1.807, 2.05) is 36.9 Å². The lowest BCUT2D eigenvalue weighted by atomic mass is 9.85. The van der Waals surface area contributed by atoms with E-state index in [2.05, 4.69) is 46.2 Å². The lowest BCUT2D eigenvalue weighted by Crippen LogP contribution is -2.51. The van der Waals surface area contributed by atoms with E-state index in [9.17, 15) is 18.6 Å². The Hall–Kier alpha value is -3.50. The highest BCUT2D eigenvalue weighted by Gasteiger charge is 2.64. The van der Waals surface area contributed by atoms with Gasteiger partial charge < -0.3 is 19.0 Å². The first-order valence-corrected chi connectivity index (χ1v) is 18.4. The van der Waals surface area contributed by atoms with Crippen molar-refractivity contribution in [2.45, 2.75) is 83.4 Å². The SMILES string of the molecule is CCCC(CCC)c1c2n(c3cc(C(=O)NS(=O)C(C)C)ccc13)CC1(C(=O)N3CCN(CC=O)CC3)CC1c1cc(OC)ccc1-2. The van der Waals surface area contributed by atoms with Crippen LogP contribution in [0.25, 0.3) is 22.2 Å². The largest absolute Gasteiger partial charge is 0.497 e. The van der Waals surface area contributed by atoms with Crippen molar-refractivity contribution in [1.82, 2.24) is 19.1 Å². The first-order chi connectivity index (χ1) is 22.7. The zero-order chi connectivity index (χ0) is 33.5. The number of nitrogens with one attached hydrogen (secondary N) is 1. The summed E-state index contributed by atoms with van der Waals surface area (Å²) in [7, 11) is 0.191. The van der Waals surface area contributed by atoms with Gasteiger partial charge in [0.1, 0.15) is 23.0 Å². The van der Waals surface area contributed by atoms with Gasteiger partial charge >= 0.3 is 0 Å². The number of fused-ring (bicyclic) bond motifs is 7. The van der Waals surface area contributed by atoms with Gasteiger partial charge in [-0.25, -0.2) is 4.21 Å². The maximum atomic E-state index is 14.6. The second-order valence-electron chi connectivity index (χ2n) is 13.8. The molecule has 0 radical (unpaired) electrons. The molecule has 2 aromatic carbocycles. The van der Waals surface area contributed by atoms with Crippen LogP contribution in [0.1, 0.15) is 93.1 Å². The van der Waals surface area contributed by atoms with E-state index >= 15 is 0 Å².